The molecule has 1 atom stereocenters. The van der Waals surface area contributed by atoms with Gasteiger partial charge in [-0.15, -0.1) is 0 Å². The molecule has 1 aliphatic heterocycles. The van der Waals surface area contributed by atoms with Crippen LogP contribution in [0.5, 0.6) is 0 Å². The average molecular weight is 224 g/mol. The third kappa shape index (κ3) is 2.24. The van der Waals surface area contributed by atoms with Gasteiger partial charge in [0.2, 0.25) is 5.91 Å². The van der Waals surface area contributed by atoms with E-state index in [0.717, 1.165) is 32.6 Å². The number of hydrogen-bond acceptors (Lipinski definition) is 2. The lowest BCUT2D eigenvalue weighted by molar-refractivity contribution is -0.139. The summed E-state index contributed by atoms with van der Waals surface area (Å²) in [5, 5.41) is 0. The second-order valence-electron chi connectivity index (χ2n) is 6.06. The smallest absolute Gasteiger partial charge is 0.226 e. The lowest BCUT2D eigenvalue weighted by Gasteiger charge is -2.37. The van der Waals surface area contributed by atoms with E-state index >= 15 is 0 Å². The van der Waals surface area contributed by atoms with Gasteiger partial charge in [-0.25, -0.2) is 0 Å². The minimum atomic E-state index is 0.223. The van der Waals surface area contributed by atoms with E-state index in [-0.39, 0.29) is 11.3 Å². The normalized spacial score (nSPS) is 30.7. The summed E-state index contributed by atoms with van der Waals surface area (Å²) < 4.78 is 0. The van der Waals surface area contributed by atoms with Crippen molar-refractivity contribution in [3.8, 4) is 0 Å². The highest BCUT2D eigenvalue weighted by Crippen LogP contribution is 2.43. The molecule has 0 aromatic carbocycles. The van der Waals surface area contributed by atoms with Crippen molar-refractivity contribution in [3.63, 3.8) is 0 Å². The van der Waals surface area contributed by atoms with Crippen LogP contribution in [0.25, 0.3) is 0 Å². The molecule has 3 nitrogen and oxygen atoms in total. The number of rotatable bonds is 1. The Morgan fingerprint density at radius 3 is 2.31 bits per heavy atom. The molecule has 1 unspecified atom stereocenters. The van der Waals surface area contributed by atoms with Crippen LogP contribution < -0.4 is 0 Å². The first-order valence-electron chi connectivity index (χ1n) is 6.48. The van der Waals surface area contributed by atoms with Gasteiger partial charge in [-0.2, -0.15) is 0 Å². The van der Waals surface area contributed by atoms with E-state index in [4.69, 9.17) is 0 Å². The van der Waals surface area contributed by atoms with Crippen molar-refractivity contribution < 1.29 is 4.79 Å². The van der Waals surface area contributed by atoms with Crippen LogP contribution in [0.3, 0.4) is 0 Å². The molecule has 0 radical (unpaired) electrons. The van der Waals surface area contributed by atoms with Crippen LogP contribution in [0.15, 0.2) is 0 Å². The van der Waals surface area contributed by atoms with Crippen molar-refractivity contribution >= 4 is 5.91 Å². The van der Waals surface area contributed by atoms with Crippen molar-refractivity contribution in [3.05, 3.63) is 0 Å². The Morgan fingerprint density at radius 1 is 1.19 bits per heavy atom. The van der Waals surface area contributed by atoms with E-state index in [1.165, 1.54) is 12.8 Å². The largest absolute Gasteiger partial charge is 0.340 e. The Balaban J connectivity index is 1.97. The highest BCUT2D eigenvalue weighted by Gasteiger charge is 2.41. The molecular weight excluding hydrogens is 200 g/mol. The van der Waals surface area contributed by atoms with Crippen LogP contribution in [-0.4, -0.2) is 48.9 Å². The third-order valence-electron chi connectivity index (χ3n) is 4.37. The minimum absolute atomic E-state index is 0.223. The van der Waals surface area contributed by atoms with Crippen LogP contribution in [0.1, 0.15) is 33.1 Å². The molecule has 92 valence electrons. The Bertz CT molecular complexity index is 267. The number of amides is 1. The second kappa shape index (κ2) is 4.36. The van der Waals surface area contributed by atoms with E-state index in [0.29, 0.717) is 5.91 Å². The van der Waals surface area contributed by atoms with Gasteiger partial charge in [0.25, 0.3) is 0 Å². The standard InChI is InChI=1S/C13H24N2O/c1-13(2)6-4-5-11(13)12(16)15-9-7-14(3)8-10-15/h11H,4-10H2,1-3H3. The van der Waals surface area contributed by atoms with Gasteiger partial charge in [-0.3, -0.25) is 4.79 Å². The lowest BCUT2D eigenvalue weighted by Crippen LogP contribution is -2.50. The summed E-state index contributed by atoms with van der Waals surface area (Å²) >= 11 is 0. The van der Waals surface area contributed by atoms with Crippen LogP contribution >= 0.6 is 0 Å². The highest BCUT2D eigenvalue weighted by molar-refractivity contribution is 5.80. The average Bonchev–Trinajstić information content (AvgIpc) is 2.58. The fourth-order valence-electron chi connectivity index (χ4n) is 3.03. The summed E-state index contributed by atoms with van der Waals surface area (Å²) in [5.41, 5.74) is 0.223. The highest BCUT2D eigenvalue weighted by atomic mass is 16.2. The first-order valence-corrected chi connectivity index (χ1v) is 6.48. The summed E-state index contributed by atoms with van der Waals surface area (Å²) in [5.74, 6) is 0.687. The van der Waals surface area contributed by atoms with Gasteiger partial charge in [-0.05, 0) is 25.3 Å². The van der Waals surface area contributed by atoms with E-state index in [2.05, 4.69) is 30.7 Å². The quantitative estimate of drug-likeness (QED) is 0.675. The Morgan fingerprint density at radius 2 is 1.81 bits per heavy atom. The van der Waals surface area contributed by atoms with Crippen LogP contribution in [-0.2, 0) is 4.79 Å². The van der Waals surface area contributed by atoms with Crippen molar-refractivity contribution in [2.45, 2.75) is 33.1 Å². The van der Waals surface area contributed by atoms with Gasteiger partial charge in [-0.1, -0.05) is 20.3 Å². The van der Waals surface area contributed by atoms with Gasteiger partial charge in [0.1, 0.15) is 0 Å². The van der Waals surface area contributed by atoms with Crippen LogP contribution in [0.4, 0.5) is 0 Å². The Labute approximate surface area is 98.8 Å². The zero-order valence-corrected chi connectivity index (χ0v) is 10.8. The fourth-order valence-corrected chi connectivity index (χ4v) is 3.03. The summed E-state index contributed by atoms with van der Waals surface area (Å²) in [6.07, 6.45) is 3.52. The molecule has 0 spiro atoms. The molecule has 1 saturated heterocycles. The molecule has 0 bridgehead atoms. The molecule has 0 aromatic rings. The number of carbonyl (C=O) groups excluding carboxylic acids is 1. The molecule has 1 saturated carbocycles. The lowest BCUT2D eigenvalue weighted by atomic mass is 9.81. The first-order chi connectivity index (χ1) is 7.50. The summed E-state index contributed by atoms with van der Waals surface area (Å²) in [4.78, 5) is 16.8. The second-order valence-corrected chi connectivity index (χ2v) is 6.06. The fraction of sp³-hybridized carbons (Fsp3) is 0.923. The molecule has 2 rings (SSSR count). The maximum absolute atomic E-state index is 12.4. The Kier molecular flexibility index (Phi) is 3.24. The number of hydrogen-bond donors (Lipinski definition) is 0. The van der Waals surface area contributed by atoms with Crippen molar-refractivity contribution in [1.29, 1.82) is 0 Å². The molecule has 1 heterocycles. The van der Waals surface area contributed by atoms with E-state index in [1.807, 2.05) is 0 Å². The molecule has 0 N–H and O–H groups in total. The molecule has 2 aliphatic rings. The number of piperazine rings is 1. The molecule has 1 amide bonds. The van der Waals surface area contributed by atoms with Gasteiger partial charge < -0.3 is 9.80 Å². The van der Waals surface area contributed by atoms with Gasteiger partial charge >= 0.3 is 0 Å². The van der Waals surface area contributed by atoms with Gasteiger partial charge in [0.15, 0.2) is 0 Å². The van der Waals surface area contributed by atoms with E-state index in [1.54, 1.807) is 0 Å². The zero-order valence-electron chi connectivity index (χ0n) is 10.8. The monoisotopic (exact) mass is 224 g/mol. The molecule has 1 aliphatic carbocycles. The summed E-state index contributed by atoms with van der Waals surface area (Å²) in [7, 11) is 2.13. The van der Waals surface area contributed by atoms with Crippen LogP contribution in [0, 0.1) is 11.3 Å². The van der Waals surface area contributed by atoms with Gasteiger partial charge in [0.05, 0.1) is 0 Å². The van der Waals surface area contributed by atoms with E-state index < -0.39 is 0 Å². The van der Waals surface area contributed by atoms with Crippen molar-refractivity contribution in [2.75, 3.05) is 33.2 Å². The molecule has 16 heavy (non-hydrogen) atoms. The molecule has 0 aromatic heterocycles. The summed E-state index contributed by atoms with van der Waals surface area (Å²) in [6.45, 7) is 8.39. The van der Waals surface area contributed by atoms with Crippen molar-refractivity contribution in [1.82, 2.24) is 9.80 Å². The predicted molar refractivity (Wildman–Crippen MR) is 65.2 cm³/mol. The molecule has 3 heteroatoms. The zero-order chi connectivity index (χ0) is 11.8. The van der Waals surface area contributed by atoms with Crippen molar-refractivity contribution in [2.24, 2.45) is 11.3 Å². The maximum Gasteiger partial charge on any atom is 0.226 e. The number of nitrogens with zero attached hydrogens (tertiary/aromatic N) is 2. The maximum atomic E-state index is 12.4. The van der Waals surface area contributed by atoms with Crippen LogP contribution in [0.2, 0.25) is 0 Å². The van der Waals surface area contributed by atoms with E-state index in [9.17, 15) is 4.79 Å². The SMILES string of the molecule is CN1CCN(C(=O)C2CCCC2(C)C)CC1. The summed E-state index contributed by atoms with van der Waals surface area (Å²) in [6, 6.07) is 0. The predicted octanol–water partition coefficient (Wildman–Crippen LogP) is 1.59. The number of carbonyl (C=O) groups is 1. The molecule has 2 fully saturated rings. The minimum Gasteiger partial charge on any atom is -0.340 e. The molecular formula is C13H24N2O. The van der Waals surface area contributed by atoms with Gasteiger partial charge in [0, 0.05) is 32.1 Å². The Hall–Kier alpha value is -0.570. The number of likely N-dealkylation sites (N-methyl/N-ethyl adjacent to an activating group) is 1. The third-order valence-corrected chi connectivity index (χ3v) is 4.37. The first kappa shape index (κ1) is 11.9. The topological polar surface area (TPSA) is 23.6 Å².